The van der Waals surface area contributed by atoms with Gasteiger partial charge in [0.2, 0.25) is 11.0 Å². The average Bonchev–Trinajstić information content (AvgIpc) is 2.35. The van der Waals surface area contributed by atoms with Gasteiger partial charge in [0.15, 0.2) is 17.5 Å². The van der Waals surface area contributed by atoms with E-state index in [-0.39, 0.29) is 11.5 Å². The number of halogens is 4. The van der Waals surface area contributed by atoms with E-state index in [0.717, 1.165) is 6.33 Å². The molecule has 0 fully saturated rings. The van der Waals surface area contributed by atoms with E-state index in [1.807, 2.05) is 0 Å². The van der Waals surface area contributed by atoms with Crippen molar-refractivity contribution in [1.29, 1.82) is 0 Å². The molecule has 0 amide bonds. The number of hydrogen-bond donors (Lipinski definition) is 1. The lowest BCUT2D eigenvalue weighted by Crippen LogP contribution is -2.03. The van der Waals surface area contributed by atoms with Gasteiger partial charge in [0.25, 0.3) is 0 Å². The summed E-state index contributed by atoms with van der Waals surface area (Å²) in [6, 6.07) is 1.25. The number of nitrogens with zero attached hydrogens (tertiary/aromatic N) is 3. The van der Waals surface area contributed by atoms with Gasteiger partial charge in [-0.15, -0.1) is 0 Å². The minimum Gasteiger partial charge on any atom is -0.334 e. The second-order valence-corrected chi connectivity index (χ2v) is 3.86. The molecule has 0 saturated carbocycles. The molecule has 0 unspecified atom stereocenters. The Morgan fingerprint density at radius 3 is 2.35 bits per heavy atom. The van der Waals surface area contributed by atoms with Gasteiger partial charge in [-0.1, -0.05) is 11.6 Å². The van der Waals surface area contributed by atoms with Gasteiger partial charge in [0.05, 0.1) is 4.92 Å². The maximum atomic E-state index is 13.0. The SMILES string of the molecule is O=[N+]([O-])c1c(Cl)ncnc1Nc1cc(F)c(F)c(F)c1. The number of rotatable bonds is 3. The van der Waals surface area contributed by atoms with Gasteiger partial charge in [-0.3, -0.25) is 10.1 Å². The van der Waals surface area contributed by atoms with Crippen molar-refractivity contribution in [2.75, 3.05) is 5.32 Å². The molecule has 0 aliphatic rings. The minimum absolute atomic E-state index is 0.265. The molecule has 104 valence electrons. The second-order valence-electron chi connectivity index (χ2n) is 3.50. The summed E-state index contributed by atoms with van der Waals surface area (Å²) in [6.45, 7) is 0. The zero-order valence-electron chi connectivity index (χ0n) is 9.40. The molecule has 0 saturated heterocycles. The maximum Gasteiger partial charge on any atom is 0.348 e. The van der Waals surface area contributed by atoms with E-state index in [2.05, 4.69) is 15.3 Å². The molecule has 1 aromatic heterocycles. The summed E-state index contributed by atoms with van der Waals surface area (Å²) in [4.78, 5) is 16.9. The normalized spacial score (nSPS) is 10.4. The molecule has 0 spiro atoms. The third-order valence-corrected chi connectivity index (χ3v) is 2.48. The first kappa shape index (κ1) is 14.0. The molecular weight excluding hydrogens is 301 g/mol. The van der Waals surface area contributed by atoms with Crippen LogP contribution in [0.2, 0.25) is 5.15 Å². The van der Waals surface area contributed by atoms with Crippen molar-refractivity contribution < 1.29 is 18.1 Å². The van der Waals surface area contributed by atoms with Crippen LogP contribution in [0.1, 0.15) is 0 Å². The summed E-state index contributed by atoms with van der Waals surface area (Å²) in [5, 5.41) is 12.6. The van der Waals surface area contributed by atoms with Crippen molar-refractivity contribution in [2.24, 2.45) is 0 Å². The van der Waals surface area contributed by atoms with Gasteiger partial charge < -0.3 is 5.32 Å². The van der Waals surface area contributed by atoms with Crippen LogP contribution in [0.5, 0.6) is 0 Å². The predicted molar refractivity (Wildman–Crippen MR) is 63.3 cm³/mol. The first-order chi connectivity index (χ1) is 9.40. The molecule has 2 aromatic rings. The van der Waals surface area contributed by atoms with Crippen LogP contribution in [0, 0.1) is 27.6 Å². The standard InChI is InChI=1S/C10H4ClF3N4O2/c11-9-8(18(19)20)10(16-3-15-9)17-4-1-5(12)7(14)6(13)2-4/h1-3H,(H,15,16,17). The first-order valence-electron chi connectivity index (χ1n) is 4.96. The molecular formula is C10H4ClF3N4O2. The first-order valence-corrected chi connectivity index (χ1v) is 5.34. The van der Waals surface area contributed by atoms with Crippen LogP contribution in [0.15, 0.2) is 18.5 Å². The van der Waals surface area contributed by atoms with Gasteiger partial charge in [-0.25, -0.2) is 23.1 Å². The topological polar surface area (TPSA) is 81.0 Å². The van der Waals surface area contributed by atoms with E-state index < -0.39 is 33.2 Å². The Balaban J connectivity index is 2.45. The average molecular weight is 305 g/mol. The summed E-state index contributed by atoms with van der Waals surface area (Å²) in [6.07, 6.45) is 0.925. The Kier molecular flexibility index (Phi) is 3.70. The van der Waals surface area contributed by atoms with Crippen molar-refractivity contribution in [3.8, 4) is 0 Å². The van der Waals surface area contributed by atoms with Crippen LogP contribution in [0.4, 0.5) is 30.4 Å². The molecule has 0 bridgehead atoms. The summed E-state index contributed by atoms with van der Waals surface area (Å²) in [5.74, 6) is -4.92. The quantitative estimate of drug-likeness (QED) is 0.407. The number of hydrogen-bond acceptors (Lipinski definition) is 5. The highest BCUT2D eigenvalue weighted by molar-refractivity contribution is 6.31. The number of anilines is 2. The lowest BCUT2D eigenvalue weighted by atomic mass is 10.3. The van der Waals surface area contributed by atoms with E-state index in [1.165, 1.54) is 0 Å². The van der Waals surface area contributed by atoms with Gasteiger partial charge in [0.1, 0.15) is 6.33 Å². The Morgan fingerprint density at radius 1 is 1.20 bits per heavy atom. The minimum atomic E-state index is -1.65. The van der Waals surface area contributed by atoms with E-state index in [9.17, 15) is 23.3 Å². The number of nitro groups is 1. The van der Waals surface area contributed by atoms with E-state index in [1.54, 1.807) is 0 Å². The number of aromatic nitrogens is 2. The largest absolute Gasteiger partial charge is 0.348 e. The fraction of sp³-hybridized carbons (Fsp3) is 0. The van der Waals surface area contributed by atoms with Gasteiger partial charge in [0, 0.05) is 17.8 Å². The van der Waals surface area contributed by atoms with Crippen molar-refractivity contribution in [1.82, 2.24) is 9.97 Å². The molecule has 6 nitrogen and oxygen atoms in total. The van der Waals surface area contributed by atoms with Gasteiger partial charge >= 0.3 is 5.69 Å². The molecule has 0 aliphatic heterocycles. The third kappa shape index (κ3) is 2.62. The third-order valence-electron chi connectivity index (χ3n) is 2.21. The molecule has 0 aliphatic carbocycles. The van der Waals surface area contributed by atoms with E-state index in [0.29, 0.717) is 12.1 Å². The molecule has 2 rings (SSSR count). The van der Waals surface area contributed by atoms with Crippen LogP contribution in [0.3, 0.4) is 0 Å². The molecule has 1 heterocycles. The highest BCUT2D eigenvalue weighted by Gasteiger charge is 2.22. The van der Waals surface area contributed by atoms with Crippen molar-refractivity contribution in [3.05, 3.63) is 51.2 Å². The second kappa shape index (κ2) is 5.29. The Labute approximate surface area is 114 Å². The zero-order valence-corrected chi connectivity index (χ0v) is 10.2. The number of nitrogens with one attached hydrogen (secondary N) is 1. The maximum absolute atomic E-state index is 13.0. The van der Waals surface area contributed by atoms with Crippen molar-refractivity contribution in [2.45, 2.75) is 0 Å². The molecule has 10 heteroatoms. The lowest BCUT2D eigenvalue weighted by Gasteiger charge is -2.07. The highest BCUT2D eigenvalue weighted by atomic mass is 35.5. The van der Waals surface area contributed by atoms with Crippen LogP contribution < -0.4 is 5.32 Å². The summed E-state index contributed by atoms with van der Waals surface area (Å²) >= 11 is 5.54. The monoisotopic (exact) mass is 304 g/mol. The van der Waals surface area contributed by atoms with Crippen LogP contribution >= 0.6 is 11.6 Å². The van der Waals surface area contributed by atoms with Crippen LogP contribution in [-0.4, -0.2) is 14.9 Å². The fourth-order valence-corrected chi connectivity index (χ4v) is 1.58. The lowest BCUT2D eigenvalue weighted by molar-refractivity contribution is -0.384. The van der Waals surface area contributed by atoms with Crippen LogP contribution in [0.25, 0.3) is 0 Å². The van der Waals surface area contributed by atoms with Crippen LogP contribution in [-0.2, 0) is 0 Å². The molecule has 0 atom stereocenters. The zero-order chi connectivity index (χ0) is 14.9. The Bertz CT molecular complexity index is 675. The Hall–Kier alpha value is -2.42. The summed E-state index contributed by atoms with van der Waals surface area (Å²) in [7, 11) is 0. The molecule has 0 radical (unpaired) electrons. The molecule has 1 aromatic carbocycles. The predicted octanol–water partition coefficient (Wildman–Crippen LogP) is 3.20. The summed E-state index contributed by atoms with van der Waals surface area (Å²) in [5.41, 5.74) is -0.932. The fourth-order valence-electron chi connectivity index (χ4n) is 1.37. The highest BCUT2D eigenvalue weighted by Crippen LogP contribution is 2.31. The number of benzene rings is 1. The van der Waals surface area contributed by atoms with Gasteiger partial charge in [-0.2, -0.15) is 0 Å². The van der Waals surface area contributed by atoms with E-state index >= 15 is 0 Å². The molecule has 1 N–H and O–H groups in total. The van der Waals surface area contributed by atoms with Crippen molar-refractivity contribution >= 4 is 28.8 Å². The smallest absolute Gasteiger partial charge is 0.334 e. The van der Waals surface area contributed by atoms with Crippen molar-refractivity contribution in [3.63, 3.8) is 0 Å². The van der Waals surface area contributed by atoms with E-state index in [4.69, 9.17) is 11.6 Å². The van der Waals surface area contributed by atoms with Gasteiger partial charge in [-0.05, 0) is 0 Å². The Morgan fingerprint density at radius 2 is 1.80 bits per heavy atom. The molecule has 20 heavy (non-hydrogen) atoms. The summed E-state index contributed by atoms with van der Waals surface area (Å²) < 4.78 is 38.9.